The van der Waals surface area contributed by atoms with E-state index < -0.39 is 0 Å². The van der Waals surface area contributed by atoms with Crippen LogP contribution in [-0.4, -0.2) is 6.72 Å². The number of hydrogen-bond donors (Lipinski definition) is 1. The summed E-state index contributed by atoms with van der Waals surface area (Å²) in [5.41, 5.74) is 11.2. The molecule has 0 radical (unpaired) electrons. The normalized spacial score (nSPS) is 13.1. The van der Waals surface area contributed by atoms with Gasteiger partial charge in [0.1, 0.15) is 0 Å². The quantitative estimate of drug-likeness (QED) is 0.628. The molecule has 18 heavy (non-hydrogen) atoms. The Morgan fingerprint density at radius 1 is 1.39 bits per heavy atom. The molecule has 0 aliphatic heterocycles. The van der Waals surface area contributed by atoms with Gasteiger partial charge >= 0.3 is 0 Å². The molecule has 0 amide bonds. The second-order valence-electron chi connectivity index (χ2n) is 4.20. The summed E-state index contributed by atoms with van der Waals surface area (Å²) in [4.78, 5) is 3.74. The summed E-state index contributed by atoms with van der Waals surface area (Å²) < 4.78 is 0. The summed E-state index contributed by atoms with van der Waals surface area (Å²) in [7, 11) is 0. The highest BCUT2D eigenvalue weighted by Gasteiger charge is 2.01. The first-order chi connectivity index (χ1) is 8.58. The van der Waals surface area contributed by atoms with Crippen molar-refractivity contribution in [3.05, 3.63) is 58.9 Å². The van der Waals surface area contributed by atoms with E-state index in [1.165, 1.54) is 5.56 Å². The van der Waals surface area contributed by atoms with Crippen molar-refractivity contribution in [1.29, 1.82) is 0 Å². The smallest absolute Gasteiger partial charge is 0.0266 e. The first-order valence-corrected chi connectivity index (χ1v) is 5.92. The van der Waals surface area contributed by atoms with E-state index in [9.17, 15) is 0 Å². The maximum absolute atomic E-state index is 5.74. The predicted octanol–water partition coefficient (Wildman–Crippen LogP) is 3.93. The standard InChI is InChI=1S/C16H20N2/c1-5-14(10-13(3)17)16-7-6-12(2)15(11-16)8-9-18-4/h5-11H,4,17H2,1-3H3/b9-8-,13-10+,14-5+. The van der Waals surface area contributed by atoms with E-state index in [4.69, 9.17) is 5.73 Å². The molecule has 0 fully saturated rings. The van der Waals surface area contributed by atoms with Gasteiger partial charge in [0.15, 0.2) is 0 Å². The van der Waals surface area contributed by atoms with Crippen LogP contribution < -0.4 is 5.73 Å². The Morgan fingerprint density at radius 3 is 2.67 bits per heavy atom. The summed E-state index contributed by atoms with van der Waals surface area (Å²) in [6.07, 6.45) is 7.69. The van der Waals surface area contributed by atoms with Gasteiger partial charge in [-0.15, -0.1) is 0 Å². The topological polar surface area (TPSA) is 38.4 Å². The lowest BCUT2D eigenvalue weighted by atomic mass is 9.99. The Kier molecular flexibility index (Phi) is 5.12. The fraction of sp³-hybridized carbons (Fsp3) is 0.188. The zero-order chi connectivity index (χ0) is 13.5. The summed E-state index contributed by atoms with van der Waals surface area (Å²) in [6.45, 7) is 9.42. The van der Waals surface area contributed by atoms with Crippen LogP contribution in [0.2, 0.25) is 0 Å². The highest BCUT2D eigenvalue weighted by atomic mass is 14.6. The molecule has 0 saturated heterocycles. The molecule has 0 aliphatic carbocycles. The third kappa shape index (κ3) is 3.74. The van der Waals surface area contributed by atoms with Gasteiger partial charge in [-0.05, 0) is 68.0 Å². The van der Waals surface area contributed by atoms with E-state index >= 15 is 0 Å². The number of nitrogens with two attached hydrogens (primary N) is 1. The van der Waals surface area contributed by atoms with E-state index in [1.54, 1.807) is 6.20 Å². The van der Waals surface area contributed by atoms with Crippen molar-refractivity contribution < 1.29 is 0 Å². The molecule has 0 unspecified atom stereocenters. The van der Waals surface area contributed by atoms with Crippen LogP contribution in [0.4, 0.5) is 0 Å². The van der Waals surface area contributed by atoms with Crippen molar-refractivity contribution in [3.8, 4) is 0 Å². The summed E-state index contributed by atoms with van der Waals surface area (Å²) in [5, 5.41) is 0. The molecular formula is C16H20N2. The second kappa shape index (κ2) is 6.60. The van der Waals surface area contributed by atoms with Gasteiger partial charge in [-0.1, -0.05) is 18.2 Å². The van der Waals surface area contributed by atoms with Gasteiger partial charge in [-0.2, -0.15) is 0 Å². The van der Waals surface area contributed by atoms with Crippen LogP contribution in [0, 0.1) is 6.92 Å². The van der Waals surface area contributed by atoms with Crippen LogP contribution in [0.5, 0.6) is 0 Å². The van der Waals surface area contributed by atoms with Crippen molar-refractivity contribution in [2.24, 2.45) is 10.7 Å². The highest BCUT2D eigenvalue weighted by Crippen LogP contribution is 2.21. The SMILES string of the molecule is C=N/C=C\c1cc(C(/C=C(\C)N)=C/C)ccc1C. The largest absolute Gasteiger partial charge is 0.402 e. The number of aliphatic imine (C=N–C) groups is 1. The molecule has 0 aromatic heterocycles. The Morgan fingerprint density at radius 2 is 2.11 bits per heavy atom. The van der Waals surface area contributed by atoms with Crippen molar-refractivity contribution in [2.75, 3.05) is 0 Å². The van der Waals surface area contributed by atoms with Crippen LogP contribution in [0.1, 0.15) is 30.5 Å². The van der Waals surface area contributed by atoms with Crippen LogP contribution in [0.25, 0.3) is 11.6 Å². The number of hydrogen-bond acceptors (Lipinski definition) is 2. The van der Waals surface area contributed by atoms with Gasteiger partial charge < -0.3 is 5.73 Å². The minimum absolute atomic E-state index is 0.800. The van der Waals surface area contributed by atoms with E-state index in [1.807, 2.05) is 26.0 Å². The number of nitrogens with zero attached hydrogens (tertiary/aromatic N) is 1. The lowest BCUT2D eigenvalue weighted by Gasteiger charge is -2.07. The fourth-order valence-electron chi connectivity index (χ4n) is 1.71. The van der Waals surface area contributed by atoms with Crippen LogP contribution in [-0.2, 0) is 0 Å². The molecule has 0 spiro atoms. The van der Waals surface area contributed by atoms with Crippen molar-refractivity contribution in [3.63, 3.8) is 0 Å². The lowest BCUT2D eigenvalue weighted by Crippen LogP contribution is -1.92. The Balaban J connectivity index is 3.22. The van der Waals surface area contributed by atoms with Crippen molar-refractivity contribution in [1.82, 2.24) is 0 Å². The number of aryl methyl sites for hydroxylation is 1. The summed E-state index contributed by atoms with van der Waals surface area (Å²) in [6, 6.07) is 6.33. The molecule has 0 saturated carbocycles. The molecular weight excluding hydrogens is 220 g/mol. The van der Waals surface area contributed by atoms with Crippen LogP contribution in [0.3, 0.4) is 0 Å². The van der Waals surface area contributed by atoms with Gasteiger partial charge in [-0.25, -0.2) is 0 Å². The molecule has 0 heterocycles. The summed E-state index contributed by atoms with van der Waals surface area (Å²) >= 11 is 0. The third-order valence-corrected chi connectivity index (χ3v) is 2.67. The van der Waals surface area contributed by atoms with E-state index in [-0.39, 0.29) is 0 Å². The molecule has 0 atom stereocenters. The first kappa shape index (κ1) is 14.0. The molecule has 2 heteroatoms. The maximum atomic E-state index is 5.74. The van der Waals surface area contributed by atoms with Crippen molar-refractivity contribution >= 4 is 18.4 Å². The minimum Gasteiger partial charge on any atom is -0.402 e. The van der Waals surface area contributed by atoms with Gasteiger partial charge in [0.2, 0.25) is 0 Å². The van der Waals surface area contributed by atoms with Crippen molar-refractivity contribution in [2.45, 2.75) is 20.8 Å². The molecule has 1 aromatic carbocycles. The summed E-state index contributed by atoms with van der Waals surface area (Å²) in [5.74, 6) is 0. The van der Waals surface area contributed by atoms with Gasteiger partial charge in [-0.3, -0.25) is 4.99 Å². The molecule has 1 aromatic rings. The fourth-order valence-corrected chi connectivity index (χ4v) is 1.71. The molecule has 2 nitrogen and oxygen atoms in total. The Bertz CT molecular complexity index is 516. The predicted molar refractivity (Wildman–Crippen MR) is 81.4 cm³/mol. The molecule has 1 rings (SSSR count). The first-order valence-electron chi connectivity index (χ1n) is 5.92. The number of rotatable bonds is 4. The van der Waals surface area contributed by atoms with E-state index in [2.05, 4.69) is 42.9 Å². The van der Waals surface area contributed by atoms with Gasteiger partial charge in [0.25, 0.3) is 0 Å². The van der Waals surface area contributed by atoms with Crippen LogP contribution in [0.15, 0.2) is 47.2 Å². The molecule has 94 valence electrons. The maximum Gasteiger partial charge on any atom is 0.0266 e. The molecule has 0 bridgehead atoms. The minimum atomic E-state index is 0.800. The Labute approximate surface area is 109 Å². The lowest BCUT2D eigenvalue weighted by molar-refractivity contribution is 1.31. The average molecular weight is 240 g/mol. The number of allylic oxidation sites excluding steroid dienone is 4. The van der Waals surface area contributed by atoms with Gasteiger partial charge in [0.05, 0.1) is 0 Å². The highest BCUT2D eigenvalue weighted by molar-refractivity contribution is 5.76. The second-order valence-corrected chi connectivity index (χ2v) is 4.20. The molecule has 0 aliphatic rings. The van der Waals surface area contributed by atoms with Crippen LogP contribution >= 0.6 is 0 Å². The van der Waals surface area contributed by atoms with Gasteiger partial charge in [0, 0.05) is 11.9 Å². The van der Waals surface area contributed by atoms with E-state index in [0.717, 1.165) is 22.4 Å². The third-order valence-electron chi connectivity index (χ3n) is 2.67. The van der Waals surface area contributed by atoms with E-state index in [0.29, 0.717) is 0 Å². The zero-order valence-electron chi connectivity index (χ0n) is 11.3. The zero-order valence-corrected chi connectivity index (χ0v) is 11.3. The Hall–Kier alpha value is -2.09. The average Bonchev–Trinajstić information content (AvgIpc) is 2.35. The molecule has 2 N–H and O–H groups in total. The monoisotopic (exact) mass is 240 g/mol. The number of benzene rings is 1.